The molecule has 0 spiro atoms. The summed E-state index contributed by atoms with van der Waals surface area (Å²) in [5.41, 5.74) is 1.64. The average molecular weight is 567 g/mol. The lowest BCUT2D eigenvalue weighted by Gasteiger charge is -2.25. The first-order chi connectivity index (χ1) is 18.8. The summed E-state index contributed by atoms with van der Waals surface area (Å²) in [4.78, 5) is 45.2. The van der Waals surface area contributed by atoms with Crippen molar-refractivity contribution in [3.63, 3.8) is 0 Å². The second-order valence-electron chi connectivity index (χ2n) is 10.00. The Morgan fingerprint density at radius 1 is 1.13 bits per heavy atom. The summed E-state index contributed by atoms with van der Waals surface area (Å²) < 4.78 is 27.5. The van der Waals surface area contributed by atoms with Crippen LogP contribution in [0.15, 0.2) is 71.2 Å². The van der Waals surface area contributed by atoms with Gasteiger partial charge in [0, 0.05) is 42.3 Å². The molecule has 2 saturated heterocycles. The molecule has 2 fully saturated rings. The molecule has 9 nitrogen and oxygen atoms in total. The van der Waals surface area contributed by atoms with Gasteiger partial charge in [-0.3, -0.25) is 19.4 Å². The molecular formula is C28H30N4O5S2. The van der Waals surface area contributed by atoms with Gasteiger partial charge >= 0.3 is 0 Å². The van der Waals surface area contributed by atoms with Gasteiger partial charge in [-0.1, -0.05) is 25.1 Å². The Hall–Kier alpha value is -3.41. The maximum absolute atomic E-state index is 13.1. The van der Waals surface area contributed by atoms with Crippen molar-refractivity contribution < 1.29 is 22.8 Å². The Balaban J connectivity index is 1.12. The van der Waals surface area contributed by atoms with Crippen molar-refractivity contribution in [1.82, 2.24) is 19.5 Å². The first-order valence-corrected chi connectivity index (χ1v) is 15.2. The lowest BCUT2D eigenvalue weighted by Crippen LogP contribution is -2.44. The number of likely N-dealkylation sites (tertiary alicyclic amines) is 1. The summed E-state index contributed by atoms with van der Waals surface area (Å²) in [7, 11) is -3.86. The number of amides is 2. The quantitative estimate of drug-likeness (QED) is 0.425. The number of ketones is 1. The van der Waals surface area contributed by atoms with Crippen LogP contribution in [0.25, 0.3) is 10.4 Å². The van der Waals surface area contributed by atoms with Crippen molar-refractivity contribution in [1.29, 1.82) is 0 Å². The predicted octanol–water partition coefficient (Wildman–Crippen LogP) is 3.20. The van der Waals surface area contributed by atoms with Gasteiger partial charge in [-0.15, -0.1) is 11.3 Å². The number of thiophene rings is 1. The third kappa shape index (κ3) is 5.66. The number of sulfonamides is 1. The van der Waals surface area contributed by atoms with Crippen LogP contribution >= 0.6 is 11.3 Å². The molecule has 0 radical (unpaired) electrons. The molecule has 11 heteroatoms. The Kier molecular flexibility index (Phi) is 7.92. The van der Waals surface area contributed by atoms with E-state index in [0.29, 0.717) is 31.5 Å². The van der Waals surface area contributed by atoms with Crippen LogP contribution in [0, 0.1) is 5.92 Å². The van der Waals surface area contributed by atoms with Gasteiger partial charge in [-0.25, -0.2) is 8.42 Å². The minimum atomic E-state index is -3.86. The Labute approximate surface area is 231 Å². The molecule has 3 atom stereocenters. The number of carbonyl (C=O) groups excluding carboxylic acids is 3. The van der Waals surface area contributed by atoms with Gasteiger partial charge in [0.1, 0.15) is 6.04 Å². The number of fused-ring (bicyclic) bond motifs is 1. The van der Waals surface area contributed by atoms with Crippen LogP contribution < -0.4 is 5.32 Å². The number of rotatable bonds is 9. The first-order valence-electron chi connectivity index (χ1n) is 12.9. The molecule has 39 heavy (non-hydrogen) atoms. The monoisotopic (exact) mass is 566 g/mol. The number of nitrogens with one attached hydrogen (secondary N) is 1. The zero-order valence-electron chi connectivity index (χ0n) is 21.5. The van der Waals surface area contributed by atoms with E-state index in [2.05, 4.69) is 10.3 Å². The summed E-state index contributed by atoms with van der Waals surface area (Å²) in [5.74, 6) is -0.609. The fraction of sp³-hybridized carbons (Fsp3) is 0.357. The molecule has 2 aromatic heterocycles. The number of nitrogens with zero attached hydrogens (tertiary/aromatic N) is 3. The van der Waals surface area contributed by atoms with Crippen LogP contribution in [0.4, 0.5) is 0 Å². The molecule has 0 saturated carbocycles. The van der Waals surface area contributed by atoms with Crippen molar-refractivity contribution in [3.8, 4) is 10.4 Å². The molecule has 0 bridgehead atoms. The summed E-state index contributed by atoms with van der Waals surface area (Å²) >= 11 is 1.65. The molecule has 1 aromatic carbocycles. The van der Waals surface area contributed by atoms with E-state index in [0.717, 1.165) is 10.4 Å². The van der Waals surface area contributed by atoms with Gasteiger partial charge < -0.3 is 10.2 Å². The highest BCUT2D eigenvalue weighted by atomic mass is 32.2. The second-order valence-corrected chi connectivity index (χ2v) is 12.8. The van der Waals surface area contributed by atoms with E-state index in [4.69, 9.17) is 0 Å². The molecule has 2 aliphatic rings. The van der Waals surface area contributed by atoms with Crippen molar-refractivity contribution >= 4 is 39.0 Å². The van der Waals surface area contributed by atoms with Gasteiger partial charge in [-0.05, 0) is 60.0 Å². The Bertz CT molecular complexity index is 1440. The number of hydrogen-bond acceptors (Lipinski definition) is 7. The summed E-state index contributed by atoms with van der Waals surface area (Å²) in [6.07, 6.45) is 4.04. The topological polar surface area (TPSA) is 117 Å². The number of benzene rings is 1. The maximum atomic E-state index is 13.1. The van der Waals surface area contributed by atoms with E-state index < -0.39 is 22.1 Å². The molecule has 0 aliphatic carbocycles. The van der Waals surface area contributed by atoms with E-state index in [-0.39, 0.29) is 41.4 Å². The molecule has 204 valence electrons. The third-order valence-corrected chi connectivity index (χ3v) is 10.2. The number of pyridine rings is 1. The highest BCUT2D eigenvalue weighted by molar-refractivity contribution is 7.89. The van der Waals surface area contributed by atoms with Crippen molar-refractivity contribution in [2.75, 3.05) is 19.6 Å². The van der Waals surface area contributed by atoms with Crippen molar-refractivity contribution in [2.24, 2.45) is 5.92 Å². The van der Waals surface area contributed by atoms with Crippen LogP contribution in [-0.2, 0) is 19.6 Å². The van der Waals surface area contributed by atoms with E-state index in [9.17, 15) is 22.8 Å². The molecule has 5 rings (SSSR count). The van der Waals surface area contributed by atoms with E-state index in [1.54, 1.807) is 28.4 Å². The standard InChI is InChI=1S/C28H30N4O5S2/c1-19(8-14-30-28(35)21-6-4-20(5-7-21)25-3-2-16-38-25)17-26(34)31-15-11-23-27(31)24(33)18-32(23)39(36,37)22-9-12-29-13-10-22/h2-7,9-10,12-13,16,19,23,27H,8,11,14-15,17-18H2,1H3,(H,30,35). The SMILES string of the molecule is CC(CCNC(=O)c1ccc(-c2cccs2)cc1)CC(=O)N1CCC2C1C(=O)CN2S(=O)(=O)c1ccncc1. The molecule has 3 aromatic rings. The molecule has 1 N–H and O–H groups in total. The minimum absolute atomic E-state index is 0.0220. The highest BCUT2D eigenvalue weighted by Gasteiger charge is 2.53. The van der Waals surface area contributed by atoms with Gasteiger partial charge in [0.15, 0.2) is 5.78 Å². The maximum Gasteiger partial charge on any atom is 0.251 e. The predicted molar refractivity (Wildman–Crippen MR) is 148 cm³/mol. The van der Waals surface area contributed by atoms with E-state index in [1.807, 2.05) is 36.6 Å². The fourth-order valence-electron chi connectivity index (χ4n) is 5.30. The molecule has 3 unspecified atom stereocenters. The first kappa shape index (κ1) is 27.2. The summed E-state index contributed by atoms with van der Waals surface area (Å²) in [5, 5.41) is 4.93. The Morgan fingerprint density at radius 3 is 2.56 bits per heavy atom. The molecular weight excluding hydrogens is 536 g/mol. The summed E-state index contributed by atoms with van der Waals surface area (Å²) in [6, 6.07) is 13.0. The lowest BCUT2D eigenvalue weighted by molar-refractivity contribution is -0.137. The van der Waals surface area contributed by atoms with E-state index >= 15 is 0 Å². The van der Waals surface area contributed by atoms with Crippen molar-refractivity contribution in [3.05, 3.63) is 71.9 Å². The van der Waals surface area contributed by atoms with E-state index in [1.165, 1.54) is 28.8 Å². The van der Waals surface area contributed by atoms with Crippen LogP contribution in [0.5, 0.6) is 0 Å². The highest BCUT2D eigenvalue weighted by Crippen LogP contribution is 2.34. The fourth-order valence-corrected chi connectivity index (χ4v) is 7.64. The van der Waals surface area contributed by atoms with Crippen LogP contribution in [0.3, 0.4) is 0 Å². The number of Topliss-reactive ketones (excluding diaryl/α,β-unsaturated/α-hetero) is 1. The van der Waals surface area contributed by atoms with Gasteiger partial charge in [0.2, 0.25) is 15.9 Å². The molecule has 2 aliphatic heterocycles. The number of hydrogen-bond donors (Lipinski definition) is 1. The number of carbonyl (C=O) groups is 3. The van der Waals surface area contributed by atoms with Gasteiger partial charge in [-0.2, -0.15) is 4.31 Å². The van der Waals surface area contributed by atoms with Crippen LogP contribution in [0.2, 0.25) is 0 Å². The third-order valence-electron chi connectivity index (χ3n) is 7.35. The summed E-state index contributed by atoms with van der Waals surface area (Å²) in [6.45, 7) is 2.46. The lowest BCUT2D eigenvalue weighted by atomic mass is 10.0. The largest absolute Gasteiger partial charge is 0.352 e. The van der Waals surface area contributed by atoms with Crippen molar-refractivity contribution in [2.45, 2.75) is 43.2 Å². The average Bonchev–Trinajstić information content (AvgIpc) is 3.68. The van der Waals surface area contributed by atoms with Crippen LogP contribution in [0.1, 0.15) is 36.5 Å². The zero-order chi connectivity index (χ0) is 27.6. The minimum Gasteiger partial charge on any atom is -0.352 e. The van der Waals surface area contributed by atoms with Gasteiger partial charge in [0.05, 0.1) is 17.5 Å². The molecule has 4 heterocycles. The van der Waals surface area contributed by atoms with Crippen LogP contribution in [-0.4, -0.2) is 71.9 Å². The Morgan fingerprint density at radius 2 is 1.87 bits per heavy atom. The smallest absolute Gasteiger partial charge is 0.251 e. The zero-order valence-corrected chi connectivity index (χ0v) is 23.2. The second kappa shape index (κ2) is 11.4. The normalized spacial score (nSPS) is 20.1. The number of aromatic nitrogens is 1. The van der Waals surface area contributed by atoms with Gasteiger partial charge in [0.25, 0.3) is 5.91 Å². The molecule has 2 amide bonds.